The van der Waals surface area contributed by atoms with E-state index >= 15 is 0 Å². The average molecular weight is 343 g/mol. The molecule has 0 atom stereocenters. The van der Waals surface area contributed by atoms with Crippen LogP contribution in [-0.2, 0) is 0 Å². The SMILES string of the molecule is COc1ccccc1N1CCN(CC2CCC(CN=[N+]=[N-])CC2)CC1. The molecule has 6 nitrogen and oxygen atoms in total. The van der Waals surface area contributed by atoms with E-state index in [0.717, 1.165) is 37.8 Å². The highest BCUT2D eigenvalue weighted by Gasteiger charge is 2.25. The summed E-state index contributed by atoms with van der Waals surface area (Å²) in [6.45, 7) is 6.27. The number of anilines is 1. The predicted octanol–water partition coefficient (Wildman–Crippen LogP) is 3.93. The highest BCUT2D eigenvalue weighted by Crippen LogP contribution is 2.31. The monoisotopic (exact) mass is 343 g/mol. The minimum absolute atomic E-state index is 0.606. The first-order valence-corrected chi connectivity index (χ1v) is 9.41. The van der Waals surface area contributed by atoms with Gasteiger partial charge >= 0.3 is 0 Å². The molecule has 1 saturated carbocycles. The van der Waals surface area contributed by atoms with E-state index < -0.39 is 0 Å². The van der Waals surface area contributed by atoms with Crippen LogP contribution >= 0.6 is 0 Å². The zero-order chi connectivity index (χ0) is 17.5. The molecule has 0 amide bonds. The van der Waals surface area contributed by atoms with Crippen molar-refractivity contribution in [3.63, 3.8) is 0 Å². The second-order valence-corrected chi connectivity index (χ2v) is 7.26. The van der Waals surface area contributed by atoms with Crippen LogP contribution in [0, 0.1) is 11.8 Å². The molecule has 1 aliphatic heterocycles. The third-order valence-corrected chi connectivity index (χ3v) is 5.68. The molecule has 0 N–H and O–H groups in total. The molecule has 0 bridgehead atoms. The van der Waals surface area contributed by atoms with Crippen molar-refractivity contribution in [3.8, 4) is 5.75 Å². The number of hydrogen-bond donors (Lipinski definition) is 0. The van der Waals surface area contributed by atoms with E-state index in [1.54, 1.807) is 7.11 Å². The van der Waals surface area contributed by atoms with E-state index in [1.807, 2.05) is 12.1 Å². The number of rotatable bonds is 6. The van der Waals surface area contributed by atoms with E-state index in [9.17, 15) is 0 Å². The fourth-order valence-corrected chi connectivity index (χ4v) is 4.18. The topological polar surface area (TPSA) is 64.5 Å². The predicted molar refractivity (Wildman–Crippen MR) is 101 cm³/mol. The van der Waals surface area contributed by atoms with Crippen LogP contribution in [0.1, 0.15) is 25.7 Å². The lowest BCUT2D eigenvalue weighted by Crippen LogP contribution is -2.48. The van der Waals surface area contributed by atoms with Crippen molar-refractivity contribution in [1.82, 2.24) is 4.90 Å². The first kappa shape index (κ1) is 17.9. The van der Waals surface area contributed by atoms with Crippen LogP contribution in [0.2, 0.25) is 0 Å². The maximum Gasteiger partial charge on any atom is 0.142 e. The van der Waals surface area contributed by atoms with E-state index in [2.05, 4.69) is 32.0 Å². The molecule has 25 heavy (non-hydrogen) atoms. The van der Waals surface area contributed by atoms with Crippen molar-refractivity contribution >= 4 is 5.69 Å². The van der Waals surface area contributed by atoms with Crippen molar-refractivity contribution in [2.24, 2.45) is 17.0 Å². The Kier molecular flexibility index (Phi) is 6.42. The number of para-hydroxylation sites is 2. The number of hydrogen-bond acceptors (Lipinski definition) is 4. The van der Waals surface area contributed by atoms with Crippen LogP contribution in [0.25, 0.3) is 10.4 Å². The molecule has 1 saturated heterocycles. The molecule has 3 rings (SSSR count). The molecule has 2 fully saturated rings. The lowest BCUT2D eigenvalue weighted by molar-refractivity contribution is 0.175. The Hall–Kier alpha value is -1.91. The fraction of sp³-hybridized carbons (Fsp3) is 0.684. The highest BCUT2D eigenvalue weighted by molar-refractivity contribution is 5.58. The van der Waals surface area contributed by atoms with Crippen LogP contribution in [0.3, 0.4) is 0 Å². The molecule has 1 aliphatic carbocycles. The smallest absolute Gasteiger partial charge is 0.142 e. The maximum absolute atomic E-state index is 8.44. The van der Waals surface area contributed by atoms with Crippen molar-refractivity contribution in [2.75, 3.05) is 51.3 Å². The summed E-state index contributed by atoms with van der Waals surface area (Å²) in [7, 11) is 1.74. The molecular weight excluding hydrogens is 314 g/mol. The van der Waals surface area contributed by atoms with Gasteiger partial charge in [0.05, 0.1) is 12.8 Å². The molecule has 2 aliphatic rings. The van der Waals surface area contributed by atoms with Crippen molar-refractivity contribution in [3.05, 3.63) is 34.7 Å². The summed E-state index contributed by atoms with van der Waals surface area (Å²) in [5, 5.41) is 3.74. The van der Waals surface area contributed by atoms with Crippen molar-refractivity contribution in [2.45, 2.75) is 25.7 Å². The van der Waals surface area contributed by atoms with Gasteiger partial charge in [-0.1, -0.05) is 30.1 Å². The summed E-state index contributed by atoms with van der Waals surface area (Å²) in [4.78, 5) is 7.94. The van der Waals surface area contributed by atoms with Crippen molar-refractivity contribution in [1.29, 1.82) is 0 Å². The zero-order valence-electron chi connectivity index (χ0n) is 15.2. The normalized spacial score (nSPS) is 24.6. The molecule has 1 aromatic rings. The molecule has 0 radical (unpaired) electrons. The third kappa shape index (κ3) is 4.80. The lowest BCUT2D eigenvalue weighted by atomic mass is 9.82. The number of azide groups is 1. The second kappa shape index (κ2) is 8.97. The summed E-state index contributed by atoms with van der Waals surface area (Å²) < 4.78 is 5.50. The minimum Gasteiger partial charge on any atom is -0.495 e. The first-order valence-electron chi connectivity index (χ1n) is 9.41. The lowest BCUT2D eigenvalue weighted by Gasteiger charge is -2.39. The number of nitrogens with zero attached hydrogens (tertiary/aromatic N) is 5. The van der Waals surface area contributed by atoms with Gasteiger partial charge in [-0.3, -0.25) is 4.90 Å². The van der Waals surface area contributed by atoms with Crippen LogP contribution in [0.15, 0.2) is 29.4 Å². The van der Waals surface area contributed by atoms with Crippen molar-refractivity contribution < 1.29 is 4.74 Å². The average Bonchev–Trinajstić information content (AvgIpc) is 2.68. The molecule has 6 heteroatoms. The quantitative estimate of drug-likeness (QED) is 0.446. The summed E-state index contributed by atoms with van der Waals surface area (Å²) in [6, 6.07) is 8.30. The Morgan fingerprint density at radius 1 is 1.08 bits per heavy atom. The Labute approximate surface area is 150 Å². The Morgan fingerprint density at radius 3 is 2.44 bits per heavy atom. The van der Waals surface area contributed by atoms with Gasteiger partial charge in [0, 0.05) is 44.2 Å². The number of piperazine rings is 1. The Balaban J connectivity index is 1.43. The molecule has 1 heterocycles. The van der Waals surface area contributed by atoms with Crippen LogP contribution in [-0.4, -0.2) is 51.3 Å². The van der Waals surface area contributed by atoms with Gasteiger partial charge in [0.1, 0.15) is 5.75 Å². The Morgan fingerprint density at radius 2 is 1.76 bits per heavy atom. The Bertz CT molecular complexity index is 585. The van der Waals surface area contributed by atoms with Crippen LogP contribution in [0.5, 0.6) is 5.75 Å². The minimum atomic E-state index is 0.606. The van der Waals surface area contributed by atoms with Gasteiger partial charge in [-0.15, -0.1) is 0 Å². The highest BCUT2D eigenvalue weighted by atomic mass is 16.5. The van der Waals surface area contributed by atoms with E-state index in [1.165, 1.54) is 37.9 Å². The third-order valence-electron chi connectivity index (χ3n) is 5.68. The molecule has 0 unspecified atom stereocenters. The number of methoxy groups -OCH3 is 1. The second-order valence-electron chi connectivity index (χ2n) is 7.26. The number of benzene rings is 1. The van der Waals surface area contributed by atoms with E-state index in [0.29, 0.717) is 12.5 Å². The fourth-order valence-electron chi connectivity index (χ4n) is 4.18. The van der Waals surface area contributed by atoms with E-state index in [-0.39, 0.29) is 0 Å². The molecule has 0 spiro atoms. The van der Waals surface area contributed by atoms with Gasteiger partial charge in [0.15, 0.2) is 0 Å². The van der Waals surface area contributed by atoms with Gasteiger partial charge in [-0.2, -0.15) is 0 Å². The molecule has 136 valence electrons. The van der Waals surface area contributed by atoms with Gasteiger partial charge in [0.25, 0.3) is 0 Å². The van der Waals surface area contributed by atoms with Gasteiger partial charge < -0.3 is 9.64 Å². The summed E-state index contributed by atoms with van der Waals surface area (Å²) in [5.41, 5.74) is 9.65. The largest absolute Gasteiger partial charge is 0.495 e. The van der Waals surface area contributed by atoms with Gasteiger partial charge in [-0.25, -0.2) is 0 Å². The molecule has 1 aromatic carbocycles. The van der Waals surface area contributed by atoms with Crippen LogP contribution < -0.4 is 9.64 Å². The van der Waals surface area contributed by atoms with Gasteiger partial charge in [-0.05, 0) is 42.3 Å². The van der Waals surface area contributed by atoms with Gasteiger partial charge in [0.2, 0.25) is 0 Å². The number of ether oxygens (including phenoxy) is 1. The zero-order valence-corrected chi connectivity index (χ0v) is 15.2. The summed E-state index contributed by atoms with van der Waals surface area (Å²) in [5.74, 6) is 2.38. The van der Waals surface area contributed by atoms with E-state index in [4.69, 9.17) is 10.3 Å². The summed E-state index contributed by atoms with van der Waals surface area (Å²) in [6.07, 6.45) is 4.98. The standard InChI is InChI=1S/C19H29N5O/c1-25-19-5-3-2-4-18(19)24-12-10-23(11-13-24)15-17-8-6-16(7-9-17)14-21-22-20/h2-5,16-17H,6-15H2,1H3. The molecule has 0 aromatic heterocycles. The molecular formula is C19H29N5O. The maximum atomic E-state index is 8.44. The first-order chi connectivity index (χ1) is 12.3. The summed E-state index contributed by atoms with van der Waals surface area (Å²) >= 11 is 0. The van der Waals surface area contributed by atoms with Crippen LogP contribution in [0.4, 0.5) is 5.69 Å².